The highest BCUT2D eigenvalue weighted by Gasteiger charge is 2.49. The van der Waals surface area contributed by atoms with Crippen LogP contribution in [0.3, 0.4) is 0 Å². The Bertz CT molecular complexity index is 414. The Labute approximate surface area is 107 Å². The molecule has 2 aliphatic rings. The van der Waals surface area contributed by atoms with Gasteiger partial charge in [0, 0.05) is 18.1 Å². The van der Waals surface area contributed by atoms with Gasteiger partial charge in [-0.15, -0.1) is 0 Å². The summed E-state index contributed by atoms with van der Waals surface area (Å²) in [4.78, 5) is 6.60. The second-order valence-corrected chi connectivity index (χ2v) is 5.68. The molecule has 1 unspecified atom stereocenters. The molecular formula is C14H20FN3. The van der Waals surface area contributed by atoms with Crippen LogP contribution in [0, 0.1) is 5.82 Å². The third-order valence-electron chi connectivity index (χ3n) is 4.44. The lowest BCUT2D eigenvalue weighted by Crippen LogP contribution is -2.48. The van der Waals surface area contributed by atoms with Gasteiger partial charge in [0.2, 0.25) is 0 Å². The minimum absolute atomic E-state index is 0.269. The van der Waals surface area contributed by atoms with Crippen molar-refractivity contribution in [3.8, 4) is 0 Å². The molecule has 1 aromatic rings. The van der Waals surface area contributed by atoms with Crippen molar-refractivity contribution in [1.29, 1.82) is 0 Å². The van der Waals surface area contributed by atoms with Crippen molar-refractivity contribution in [1.82, 2.24) is 15.2 Å². The normalized spacial score (nSPS) is 26.4. The highest BCUT2D eigenvalue weighted by Crippen LogP contribution is 2.47. The Morgan fingerprint density at radius 2 is 2.33 bits per heavy atom. The molecule has 2 fully saturated rings. The Morgan fingerprint density at radius 3 is 3.00 bits per heavy atom. The molecule has 0 bridgehead atoms. The van der Waals surface area contributed by atoms with Gasteiger partial charge in [0.25, 0.3) is 0 Å². The molecule has 1 spiro atoms. The predicted molar refractivity (Wildman–Crippen MR) is 68.7 cm³/mol. The van der Waals surface area contributed by atoms with E-state index in [1.54, 1.807) is 6.07 Å². The zero-order valence-electron chi connectivity index (χ0n) is 10.8. The van der Waals surface area contributed by atoms with Crippen LogP contribution in [0.2, 0.25) is 0 Å². The number of rotatable bonds is 3. The smallest absolute Gasteiger partial charge is 0.141 e. The summed E-state index contributed by atoms with van der Waals surface area (Å²) >= 11 is 0. The van der Waals surface area contributed by atoms with Crippen LogP contribution in [0.1, 0.15) is 31.4 Å². The van der Waals surface area contributed by atoms with Crippen LogP contribution in [0.4, 0.5) is 4.39 Å². The van der Waals surface area contributed by atoms with E-state index < -0.39 is 0 Å². The third kappa shape index (κ3) is 2.40. The maximum Gasteiger partial charge on any atom is 0.141 e. The number of nitrogens with one attached hydrogen (secondary N) is 1. The van der Waals surface area contributed by atoms with Crippen molar-refractivity contribution in [2.24, 2.45) is 0 Å². The van der Waals surface area contributed by atoms with Gasteiger partial charge in [-0.25, -0.2) is 4.39 Å². The first-order chi connectivity index (χ1) is 8.68. The topological polar surface area (TPSA) is 28.2 Å². The maximum absolute atomic E-state index is 12.7. The Kier molecular flexibility index (Phi) is 3.08. The van der Waals surface area contributed by atoms with Gasteiger partial charge in [-0.3, -0.25) is 4.98 Å². The van der Waals surface area contributed by atoms with E-state index >= 15 is 0 Å². The summed E-state index contributed by atoms with van der Waals surface area (Å²) < 4.78 is 12.7. The molecule has 18 heavy (non-hydrogen) atoms. The fraction of sp³-hybridized carbons (Fsp3) is 0.643. The summed E-state index contributed by atoms with van der Waals surface area (Å²) in [5, 5.41) is 3.56. The zero-order chi connectivity index (χ0) is 12.6. The SMILES string of the molecule is CN1CCC(NCc2ccc(F)cn2)CC12CC2. The minimum Gasteiger partial charge on any atom is -0.308 e. The number of piperidine rings is 1. The molecule has 1 saturated carbocycles. The molecule has 98 valence electrons. The van der Waals surface area contributed by atoms with Crippen molar-refractivity contribution in [2.75, 3.05) is 13.6 Å². The monoisotopic (exact) mass is 249 g/mol. The molecule has 1 saturated heterocycles. The summed E-state index contributed by atoms with van der Waals surface area (Å²) in [5.41, 5.74) is 1.41. The van der Waals surface area contributed by atoms with E-state index in [0.717, 1.165) is 12.2 Å². The molecule has 1 aliphatic carbocycles. The lowest BCUT2D eigenvalue weighted by molar-refractivity contribution is 0.136. The Morgan fingerprint density at radius 1 is 1.50 bits per heavy atom. The van der Waals surface area contributed by atoms with Gasteiger partial charge in [-0.05, 0) is 51.4 Å². The van der Waals surface area contributed by atoms with Crippen LogP contribution in [0.5, 0.6) is 0 Å². The van der Waals surface area contributed by atoms with Crippen LogP contribution >= 0.6 is 0 Å². The van der Waals surface area contributed by atoms with Crippen molar-refractivity contribution in [2.45, 2.75) is 43.8 Å². The van der Waals surface area contributed by atoms with E-state index in [1.165, 1.54) is 44.5 Å². The lowest BCUT2D eigenvalue weighted by Gasteiger charge is -2.38. The number of pyridine rings is 1. The second kappa shape index (κ2) is 4.59. The lowest BCUT2D eigenvalue weighted by atomic mass is 9.95. The summed E-state index contributed by atoms with van der Waals surface area (Å²) in [5.74, 6) is -0.269. The molecule has 0 aromatic carbocycles. The van der Waals surface area contributed by atoms with Crippen LogP contribution in [-0.2, 0) is 6.54 Å². The third-order valence-corrected chi connectivity index (χ3v) is 4.44. The molecule has 4 heteroatoms. The van der Waals surface area contributed by atoms with Crippen LogP contribution in [0.15, 0.2) is 18.3 Å². The Hall–Kier alpha value is -1.00. The van der Waals surface area contributed by atoms with Crippen molar-refractivity contribution in [3.05, 3.63) is 29.8 Å². The van der Waals surface area contributed by atoms with E-state index in [9.17, 15) is 4.39 Å². The molecule has 0 amide bonds. The van der Waals surface area contributed by atoms with Crippen LogP contribution in [-0.4, -0.2) is 35.1 Å². The van der Waals surface area contributed by atoms with Gasteiger partial charge in [-0.1, -0.05) is 0 Å². The van der Waals surface area contributed by atoms with E-state index in [-0.39, 0.29) is 5.82 Å². The first-order valence-corrected chi connectivity index (χ1v) is 6.73. The van der Waals surface area contributed by atoms with Crippen molar-refractivity contribution >= 4 is 0 Å². The van der Waals surface area contributed by atoms with Gasteiger partial charge >= 0.3 is 0 Å². The first kappa shape index (κ1) is 12.1. The fourth-order valence-corrected chi connectivity index (χ4v) is 2.97. The predicted octanol–water partition coefficient (Wildman–Crippen LogP) is 1.94. The average molecular weight is 249 g/mol. The Balaban J connectivity index is 1.53. The fourth-order valence-electron chi connectivity index (χ4n) is 2.97. The molecule has 1 N–H and O–H groups in total. The van der Waals surface area contributed by atoms with E-state index in [0.29, 0.717) is 11.6 Å². The summed E-state index contributed by atoms with van der Waals surface area (Å²) in [6.45, 7) is 1.92. The first-order valence-electron chi connectivity index (χ1n) is 6.73. The van der Waals surface area contributed by atoms with Crippen LogP contribution < -0.4 is 5.32 Å². The minimum atomic E-state index is -0.269. The summed E-state index contributed by atoms with van der Waals surface area (Å²) in [6, 6.07) is 3.81. The highest BCUT2D eigenvalue weighted by molar-refractivity contribution is 5.09. The number of hydrogen-bond donors (Lipinski definition) is 1. The van der Waals surface area contributed by atoms with Gasteiger partial charge in [0.1, 0.15) is 5.82 Å². The summed E-state index contributed by atoms with van der Waals surface area (Å²) in [7, 11) is 2.24. The number of likely N-dealkylation sites (tertiary alicyclic amines) is 1. The molecule has 1 aliphatic heterocycles. The molecular weight excluding hydrogens is 229 g/mol. The maximum atomic E-state index is 12.7. The quantitative estimate of drug-likeness (QED) is 0.887. The molecule has 0 radical (unpaired) electrons. The molecule has 1 aromatic heterocycles. The number of hydrogen-bond acceptors (Lipinski definition) is 3. The van der Waals surface area contributed by atoms with Crippen LogP contribution in [0.25, 0.3) is 0 Å². The molecule has 2 heterocycles. The average Bonchev–Trinajstić information content (AvgIpc) is 3.14. The number of aromatic nitrogens is 1. The summed E-state index contributed by atoms with van der Waals surface area (Å²) in [6.07, 6.45) is 6.41. The largest absolute Gasteiger partial charge is 0.308 e. The number of nitrogens with zero attached hydrogens (tertiary/aromatic N) is 2. The van der Waals surface area contributed by atoms with Gasteiger partial charge in [-0.2, -0.15) is 0 Å². The van der Waals surface area contributed by atoms with Gasteiger partial charge in [0.05, 0.1) is 11.9 Å². The molecule has 3 rings (SSSR count). The highest BCUT2D eigenvalue weighted by atomic mass is 19.1. The van der Waals surface area contributed by atoms with E-state index in [4.69, 9.17) is 0 Å². The molecule has 1 atom stereocenters. The van der Waals surface area contributed by atoms with Gasteiger partial charge < -0.3 is 10.2 Å². The van der Waals surface area contributed by atoms with E-state index in [2.05, 4.69) is 22.2 Å². The second-order valence-electron chi connectivity index (χ2n) is 5.68. The van der Waals surface area contributed by atoms with Gasteiger partial charge in [0.15, 0.2) is 0 Å². The zero-order valence-corrected chi connectivity index (χ0v) is 10.8. The number of halogens is 1. The van der Waals surface area contributed by atoms with E-state index in [1.807, 2.05) is 0 Å². The standard InChI is InChI=1S/C14H20FN3/c1-18-7-4-12(8-14(18)5-6-14)17-10-13-3-2-11(15)9-16-13/h2-3,9,12,17H,4-8,10H2,1H3. The van der Waals surface area contributed by atoms with Crippen molar-refractivity contribution in [3.63, 3.8) is 0 Å². The van der Waals surface area contributed by atoms with Crippen molar-refractivity contribution < 1.29 is 4.39 Å². The molecule has 3 nitrogen and oxygen atoms in total.